The Balaban J connectivity index is 1.58. The molecule has 0 saturated carbocycles. The molecule has 0 radical (unpaired) electrons. The van der Waals surface area contributed by atoms with Crippen LogP contribution in [0.3, 0.4) is 0 Å². The van der Waals surface area contributed by atoms with Crippen molar-refractivity contribution in [3.05, 3.63) is 103 Å². The van der Waals surface area contributed by atoms with Crippen molar-refractivity contribution >= 4 is 35.1 Å². The number of carbonyl (C=O) groups excluding carboxylic acids is 1. The second-order valence-corrected chi connectivity index (χ2v) is 9.48. The third-order valence-electron chi connectivity index (χ3n) is 5.24. The summed E-state index contributed by atoms with van der Waals surface area (Å²) in [5.74, 6) is 0.0407. The molecule has 176 valence electrons. The molecule has 0 spiro atoms. The first-order chi connectivity index (χ1) is 17.0. The molecule has 0 aliphatic carbocycles. The van der Waals surface area contributed by atoms with Gasteiger partial charge in [-0.2, -0.15) is 0 Å². The molecular weight excluding hydrogens is 484 g/mol. The maximum atomic E-state index is 13.6. The van der Waals surface area contributed by atoms with E-state index in [4.69, 9.17) is 9.15 Å². The lowest BCUT2D eigenvalue weighted by Crippen LogP contribution is -2.39. The minimum Gasteiger partial charge on any atom is -0.463 e. The summed E-state index contributed by atoms with van der Waals surface area (Å²) in [6, 6.07) is 14.1. The highest BCUT2D eigenvalue weighted by atomic mass is 32.2. The van der Waals surface area contributed by atoms with Gasteiger partial charge < -0.3 is 9.15 Å². The Morgan fingerprint density at radius 2 is 1.94 bits per heavy atom. The van der Waals surface area contributed by atoms with Crippen LogP contribution in [0.25, 0.3) is 6.08 Å². The van der Waals surface area contributed by atoms with Crippen molar-refractivity contribution < 1.29 is 13.9 Å². The van der Waals surface area contributed by atoms with E-state index in [9.17, 15) is 9.59 Å². The van der Waals surface area contributed by atoms with Gasteiger partial charge in [0.2, 0.25) is 0 Å². The lowest BCUT2D eigenvalue weighted by Gasteiger charge is -2.24. The second-order valence-electron chi connectivity index (χ2n) is 7.50. The molecule has 10 heteroatoms. The molecular formula is C25H20N4O4S2. The summed E-state index contributed by atoms with van der Waals surface area (Å²) in [6.07, 6.45) is 5.01. The summed E-state index contributed by atoms with van der Waals surface area (Å²) in [5, 5.41) is 1.18. The number of hydrogen-bond donors (Lipinski definition) is 0. The van der Waals surface area contributed by atoms with Crippen LogP contribution >= 0.6 is 23.1 Å². The third-order valence-corrected chi connectivity index (χ3v) is 7.04. The molecule has 0 unspecified atom stereocenters. The minimum atomic E-state index is -0.633. The fraction of sp³-hybridized carbons (Fsp3) is 0.160. The van der Waals surface area contributed by atoms with Gasteiger partial charge in [0.15, 0.2) is 15.1 Å². The molecule has 0 fully saturated rings. The number of fused-ring (bicyclic) bond motifs is 1. The Hall–Kier alpha value is -3.76. The molecule has 1 aliphatic heterocycles. The Kier molecular flexibility index (Phi) is 6.47. The molecule has 0 N–H and O–H groups in total. The molecule has 35 heavy (non-hydrogen) atoms. The van der Waals surface area contributed by atoms with Gasteiger partial charge in [-0.25, -0.2) is 19.8 Å². The van der Waals surface area contributed by atoms with Gasteiger partial charge in [-0.05, 0) is 49.4 Å². The number of benzene rings is 1. The number of hydrogen-bond acceptors (Lipinski definition) is 9. The lowest BCUT2D eigenvalue weighted by molar-refractivity contribution is -0.139. The standard InChI is InChI=1S/C25H20N4O4S2/c1-3-32-23(31)20-15(2)28-25-29(21(20)16-8-5-4-6-9-16)22(30)18(34-25)14-17-10-11-19(33-17)35-24-26-12-7-13-27-24/h4-14,21H,3H2,1-2H3/b18-14+/t21-/m1/s1. The van der Waals surface area contributed by atoms with E-state index in [1.54, 1.807) is 55.1 Å². The number of aromatic nitrogens is 3. The quantitative estimate of drug-likeness (QED) is 0.293. The molecule has 5 rings (SSSR count). The van der Waals surface area contributed by atoms with E-state index in [0.717, 1.165) is 5.56 Å². The molecule has 1 atom stereocenters. The van der Waals surface area contributed by atoms with E-state index >= 15 is 0 Å². The molecule has 3 aromatic heterocycles. The number of rotatable bonds is 6. The van der Waals surface area contributed by atoms with E-state index in [0.29, 0.717) is 36.6 Å². The molecule has 1 aliphatic rings. The van der Waals surface area contributed by atoms with E-state index in [-0.39, 0.29) is 12.2 Å². The first-order valence-electron chi connectivity index (χ1n) is 10.8. The highest BCUT2D eigenvalue weighted by Gasteiger charge is 2.33. The van der Waals surface area contributed by atoms with Gasteiger partial charge in [-0.15, -0.1) is 0 Å². The number of allylic oxidation sites excluding steroid dienone is 1. The summed E-state index contributed by atoms with van der Waals surface area (Å²) < 4.78 is 13.2. The van der Waals surface area contributed by atoms with Gasteiger partial charge in [-0.1, -0.05) is 41.7 Å². The Morgan fingerprint density at radius 1 is 1.17 bits per heavy atom. The van der Waals surface area contributed by atoms with Crippen LogP contribution in [0.4, 0.5) is 0 Å². The largest absolute Gasteiger partial charge is 0.463 e. The van der Waals surface area contributed by atoms with Crippen molar-refractivity contribution in [2.45, 2.75) is 30.1 Å². The molecule has 0 amide bonds. The van der Waals surface area contributed by atoms with E-state index in [1.165, 1.54) is 23.1 Å². The van der Waals surface area contributed by atoms with Crippen LogP contribution in [0.15, 0.2) is 96.6 Å². The summed E-state index contributed by atoms with van der Waals surface area (Å²) in [6.45, 7) is 3.75. The van der Waals surface area contributed by atoms with E-state index in [2.05, 4.69) is 15.0 Å². The first kappa shape index (κ1) is 23.0. The third kappa shape index (κ3) is 4.62. The maximum Gasteiger partial charge on any atom is 0.338 e. The predicted molar refractivity (Wildman–Crippen MR) is 132 cm³/mol. The fourth-order valence-electron chi connectivity index (χ4n) is 3.77. The Morgan fingerprint density at radius 3 is 2.69 bits per heavy atom. The van der Waals surface area contributed by atoms with Crippen molar-refractivity contribution in [1.82, 2.24) is 14.5 Å². The highest BCUT2D eigenvalue weighted by molar-refractivity contribution is 7.99. The van der Waals surface area contributed by atoms with E-state index in [1.807, 2.05) is 30.3 Å². The zero-order valence-electron chi connectivity index (χ0n) is 18.9. The number of thiazole rings is 1. The van der Waals surface area contributed by atoms with Crippen LogP contribution in [-0.4, -0.2) is 27.1 Å². The fourth-order valence-corrected chi connectivity index (χ4v) is 5.47. The lowest BCUT2D eigenvalue weighted by atomic mass is 9.96. The Bertz CT molecular complexity index is 1590. The normalized spacial score (nSPS) is 15.6. The number of ether oxygens (including phenoxy) is 1. The van der Waals surface area contributed by atoms with Crippen LogP contribution in [0.2, 0.25) is 0 Å². The number of nitrogens with zero attached hydrogens (tertiary/aromatic N) is 4. The zero-order valence-corrected chi connectivity index (χ0v) is 20.5. The molecule has 4 aromatic rings. The summed E-state index contributed by atoms with van der Waals surface area (Å²) >= 11 is 2.54. The van der Waals surface area contributed by atoms with E-state index < -0.39 is 12.0 Å². The highest BCUT2D eigenvalue weighted by Crippen LogP contribution is 2.30. The van der Waals surface area contributed by atoms with Crippen LogP contribution in [-0.2, 0) is 9.53 Å². The smallest absolute Gasteiger partial charge is 0.338 e. The number of esters is 1. The summed E-state index contributed by atoms with van der Waals surface area (Å²) in [4.78, 5) is 39.9. The summed E-state index contributed by atoms with van der Waals surface area (Å²) in [5.41, 5.74) is 1.44. The van der Waals surface area contributed by atoms with Crippen LogP contribution in [0.5, 0.6) is 0 Å². The second kappa shape index (κ2) is 9.85. The summed E-state index contributed by atoms with van der Waals surface area (Å²) in [7, 11) is 0. The topological polar surface area (TPSA) is 99.6 Å². The van der Waals surface area contributed by atoms with Crippen LogP contribution < -0.4 is 14.9 Å². The monoisotopic (exact) mass is 504 g/mol. The van der Waals surface area contributed by atoms with Crippen molar-refractivity contribution in [1.29, 1.82) is 0 Å². The van der Waals surface area contributed by atoms with Gasteiger partial charge in [0.1, 0.15) is 5.76 Å². The van der Waals surface area contributed by atoms with Gasteiger partial charge in [-0.3, -0.25) is 9.36 Å². The number of furan rings is 1. The molecule has 1 aromatic carbocycles. The number of carbonyl (C=O) groups is 1. The molecule has 0 saturated heterocycles. The SMILES string of the molecule is CCOC(=O)C1=C(C)N=c2s/c(=C/c3ccc(Sc4ncccn4)o3)c(=O)n2[C@@H]1c1ccccc1. The van der Waals surface area contributed by atoms with Gasteiger partial charge in [0, 0.05) is 18.5 Å². The molecule has 0 bridgehead atoms. The predicted octanol–water partition coefficient (Wildman–Crippen LogP) is 3.33. The first-order valence-corrected chi connectivity index (χ1v) is 12.5. The maximum absolute atomic E-state index is 13.6. The van der Waals surface area contributed by atoms with Gasteiger partial charge in [0.25, 0.3) is 5.56 Å². The van der Waals surface area contributed by atoms with Crippen molar-refractivity contribution in [3.8, 4) is 0 Å². The average molecular weight is 505 g/mol. The molecule has 4 heterocycles. The van der Waals surface area contributed by atoms with Crippen molar-refractivity contribution in [2.24, 2.45) is 4.99 Å². The minimum absolute atomic E-state index is 0.231. The Labute approximate surface area is 208 Å². The van der Waals surface area contributed by atoms with Gasteiger partial charge in [0.05, 0.1) is 28.5 Å². The molecule has 8 nitrogen and oxygen atoms in total. The van der Waals surface area contributed by atoms with Crippen LogP contribution in [0, 0.1) is 0 Å². The average Bonchev–Trinajstić information content (AvgIpc) is 3.43. The van der Waals surface area contributed by atoms with Crippen molar-refractivity contribution in [2.75, 3.05) is 6.61 Å². The van der Waals surface area contributed by atoms with Crippen molar-refractivity contribution in [3.63, 3.8) is 0 Å². The van der Waals surface area contributed by atoms with Crippen LogP contribution in [0.1, 0.15) is 31.2 Å². The van der Waals surface area contributed by atoms with Gasteiger partial charge >= 0.3 is 5.97 Å². The zero-order chi connectivity index (χ0) is 24.4.